The van der Waals surface area contributed by atoms with Gasteiger partial charge < -0.3 is 15.7 Å². The lowest BCUT2D eigenvalue weighted by molar-refractivity contribution is -0.114. The Labute approximate surface area is 137 Å². The molecule has 3 N–H and O–H groups in total. The topological polar surface area (TPSA) is 61.4 Å². The van der Waals surface area contributed by atoms with Gasteiger partial charge in [-0.25, -0.2) is 0 Å². The Morgan fingerprint density at radius 2 is 1.83 bits per heavy atom. The van der Waals surface area contributed by atoms with E-state index >= 15 is 0 Å². The van der Waals surface area contributed by atoms with Crippen LogP contribution in [0.2, 0.25) is 0 Å². The molecule has 0 aliphatic heterocycles. The molecule has 4 heteroatoms. The molecule has 2 rings (SSSR count). The zero-order valence-electron chi connectivity index (χ0n) is 13.8. The Morgan fingerprint density at radius 3 is 2.48 bits per heavy atom. The van der Waals surface area contributed by atoms with Crippen LogP contribution in [0.25, 0.3) is 0 Å². The maximum atomic E-state index is 11.1. The second-order valence-corrected chi connectivity index (χ2v) is 5.86. The van der Waals surface area contributed by atoms with Crippen LogP contribution in [0.5, 0.6) is 0 Å². The first-order valence-corrected chi connectivity index (χ1v) is 7.81. The van der Waals surface area contributed by atoms with Gasteiger partial charge in [-0.1, -0.05) is 42.0 Å². The quantitative estimate of drug-likeness (QED) is 0.766. The number of amides is 1. The summed E-state index contributed by atoms with van der Waals surface area (Å²) in [6.45, 7) is 6.02. The number of carbonyl (C=O) groups is 1. The molecule has 2 unspecified atom stereocenters. The van der Waals surface area contributed by atoms with Crippen LogP contribution >= 0.6 is 0 Å². The molecule has 4 nitrogen and oxygen atoms in total. The highest BCUT2D eigenvalue weighted by Crippen LogP contribution is 2.19. The molecule has 0 aliphatic rings. The van der Waals surface area contributed by atoms with Gasteiger partial charge in [0.25, 0.3) is 0 Å². The summed E-state index contributed by atoms with van der Waals surface area (Å²) in [5, 5.41) is 16.4. The van der Waals surface area contributed by atoms with E-state index in [-0.39, 0.29) is 11.9 Å². The maximum Gasteiger partial charge on any atom is 0.221 e. The number of hydrogen-bond donors (Lipinski definition) is 3. The first-order valence-electron chi connectivity index (χ1n) is 7.81. The molecular formula is C19H24N2O2. The van der Waals surface area contributed by atoms with E-state index in [1.165, 1.54) is 12.5 Å². The molecule has 0 spiro atoms. The number of benzene rings is 2. The van der Waals surface area contributed by atoms with Crippen LogP contribution in [0.3, 0.4) is 0 Å². The summed E-state index contributed by atoms with van der Waals surface area (Å²) in [5.74, 6) is -0.0856. The number of aryl methyl sites for hydroxylation is 1. The lowest BCUT2D eigenvalue weighted by Gasteiger charge is -2.18. The summed E-state index contributed by atoms with van der Waals surface area (Å²) in [6, 6.07) is 15.7. The number of nitrogens with one attached hydrogen (secondary N) is 2. The zero-order valence-corrected chi connectivity index (χ0v) is 13.8. The van der Waals surface area contributed by atoms with E-state index in [0.29, 0.717) is 6.54 Å². The van der Waals surface area contributed by atoms with Crippen LogP contribution in [-0.4, -0.2) is 17.6 Å². The van der Waals surface area contributed by atoms with Gasteiger partial charge in [-0.3, -0.25) is 4.79 Å². The van der Waals surface area contributed by atoms with Gasteiger partial charge in [-0.15, -0.1) is 0 Å². The fraction of sp³-hybridized carbons (Fsp3) is 0.316. The molecular weight excluding hydrogens is 288 g/mol. The van der Waals surface area contributed by atoms with Gasteiger partial charge in [0.1, 0.15) is 0 Å². The molecule has 0 aliphatic carbocycles. The molecule has 0 saturated heterocycles. The van der Waals surface area contributed by atoms with E-state index in [2.05, 4.69) is 10.6 Å². The van der Waals surface area contributed by atoms with Crippen molar-refractivity contribution >= 4 is 11.6 Å². The average molecular weight is 312 g/mol. The average Bonchev–Trinajstić information content (AvgIpc) is 2.52. The first-order chi connectivity index (χ1) is 11.0. The highest BCUT2D eigenvalue weighted by Gasteiger charge is 2.11. The molecule has 0 bridgehead atoms. The van der Waals surface area contributed by atoms with Gasteiger partial charge >= 0.3 is 0 Å². The van der Waals surface area contributed by atoms with Crippen molar-refractivity contribution in [2.24, 2.45) is 0 Å². The normalized spacial score (nSPS) is 13.4. The van der Waals surface area contributed by atoms with Crippen molar-refractivity contribution in [2.45, 2.75) is 32.9 Å². The van der Waals surface area contributed by atoms with E-state index < -0.39 is 6.10 Å². The van der Waals surface area contributed by atoms with Gasteiger partial charge in [0.05, 0.1) is 6.10 Å². The Balaban J connectivity index is 1.95. The van der Waals surface area contributed by atoms with Crippen LogP contribution in [0, 0.1) is 6.92 Å². The predicted octanol–water partition coefficient (Wildman–Crippen LogP) is 3.34. The Morgan fingerprint density at radius 1 is 1.13 bits per heavy atom. The highest BCUT2D eigenvalue weighted by molar-refractivity contribution is 5.88. The molecule has 0 fully saturated rings. The van der Waals surface area contributed by atoms with E-state index in [0.717, 1.165) is 16.8 Å². The molecule has 0 saturated carbocycles. The van der Waals surface area contributed by atoms with Crippen molar-refractivity contribution in [1.29, 1.82) is 0 Å². The SMILES string of the molecule is CC(=O)Nc1cccc(C(C)NCC(O)c2ccc(C)cc2)c1. The van der Waals surface area contributed by atoms with E-state index in [4.69, 9.17) is 0 Å². The van der Waals surface area contributed by atoms with Crippen molar-refractivity contribution in [3.8, 4) is 0 Å². The first kappa shape index (κ1) is 17.2. The number of hydrogen-bond acceptors (Lipinski definition) is 3. The number of carbonyl (C=O) groups excluding carboxylic acids is 1. The fourth-order valence-corrected chi connectivity index (χ4v) is 2.40. The number of aliphatic hydroxyl groups excluding tert-OH is 1. The van der Waals surface area contributed by atoms with Crippen LogP contribution < -0.4 is 10.6 Å². The third-order valence-corrected chi connectivity index (χ3v) is 3.79. The second kappa shape index (κ2) is 7.90. The lowest BCUT2D eigenvalue weighted by atomic mass is 10.1. The minimum Gasteiger partial charge on any atom is -0.387 e. The number of anilines is 1. The van der Waals surface area contributed by atoms with Crippen LogP contribution in [0.4, 0.5) is 5.69 Å². The van der Waals surface area contributed by atoms with Crippen molar-refractivity contribution in [2.75, 3.05) is 11.9 Å². The van der Waals surface area contributed by atoms with Crippen LogP contribution in [0.15, 0.2) is 48.5 Å². The van der Waals surface area contributed by atoms with Gasteiger partial charge in [0, 0.05) is 25.2 Å². The summed E-state index contributed by atoms with van der Waals surface area (Å²) in [6.07, 6.45) is -0.545. The van der Waals surface area contributed by atoms with E-state index in [1.807, 2.05) is 62.4 Å². The third kappa shape index (κ3) is 5.20. The van der Waals surface area contributed by atoms with Gasteiger partial charge in [0.15, 0.2) is 0 Å². The fourth-order valence-electron chi connectivity index (χ4n) is 2.40. The monoisotopic (exact) mass is 312 g/mol. The van der Waals surface area contributed by atoms with Crippen molar-refractivity contribution in [3.05, 3.63) is 65.2 Å². The second-order valence-electron chi connectivity index (χ2n) is 5.86. The Hall–Kier alpha value is -2.17. The minimum atomic E-state index is -0.545. The Kier molecular flexibility index (Phi) is 5.90. The summed E-state index contributed by atoms with van der Waals surface area (Å²) in [5.41, 5.74) is 3.93. The molecule has 122 valence electrons. The largest absolute Gasteiger partial charge is 0.387 e. The smallest absolute Gasteiger partial charge is 0.221 e. The van der Waals surface area contributed by atoms with E-state index in [1.54, 1.807) is 0 Å². The standard InChI is InChI=1S/C19H24N2O2/c1-13-7-9-16(10-8-13)19(23)12-20-14(2)17-5-4-6-18(11-17)21-15(3)22/h4-11,14,19-20,23H,12H2,1-3H3,(H,21,22). The molecule has 0 aromatic heterocycles. The summed E-state index contributed by atoms with van der Waals surface area (Å²) < 4.78 is 0. The molecule has 1 amide bonds. The van der Waals surface area contributed by atoms with Gasteiger partial charge in [-0.05, 0) is 37.1 Å². The van der Waals surface area contributed by atoms with Crippen molar-refractivity contribution in [3.63, 3.8) is 0 Å². The van der Waals surface area contributed by atoms with Crippen LogP contribution in [0.1, 0.15) is 42.7 Å². The minimum absolute atomic E-state index is 0.0730. The summed E-state index contributed by atoms with van der Waals surface area (Å²) in [7, 11) is 0. The summed E-state index contributed by atoms with van der Waals surface area (Å²) in [4.78, 5) is 11.1. The molecule has 2 aromatic rings. The third-order valence-electron chi connectivity index (χ3n) is 3.79. The summed E-state index contributed by atoms with van der Waals surface area (Å²) >= 11 is 0. The Bertz CT molecular complexity index is 653. The number of rotatable bonds is 6. The highest BCUT2D eigenvalue weighted by atomic mass is 16.3. The number of aliphatic hydroxyl groups is 1. The maximum absolute atomic E-state index is 11.1. The van der Waals surface area contributed by atoms with Gasteiger partial charge in [-0.2, -0.15) is 0 Å². The molecule has 0 heterocycles. The molecule has 2 atom stereocenters. The van der Waals surface area contributed by atoms with Gasteiger partial charge in [0.2, 0.25) is 5.91 Å². The van der Waals surface area contributed by atoms with Crippen molar-refractivity contribution < 1.29 is 9.90 Å². The van der Waals surface area contributed by atoms with Crippen LogP contribution in [-0.2, 0) is 4.79 Å². The van der Waals surface area contributed by atoms with E-state index in [9.17, 15) is 9.90 Å². The van der Waals surface area contributed by atoms with Crippen molar-refractivity contribution in [1.82, 2.24) is 5.32 Å². The predicted molar refractivity (Wildman–Crippen MR) is 93.3 cm³/mol. The zero-order chi connectivity index (χ0) is 16.8. The molecule has 23 heavy (non-hydrogen) atoms. The lowest BCUT2D eigenvalue weighted by Crippen LogP contribution is -2.24. The molecule has 0 radical (unpaired) electrons. The molecule has 2 aromatic carbocycles.